The number of carbonyl (C=O) groups excluding carboxylic acids is 1. The quantitative estimate of drug-likeness (QED) is 0.852. The SMILES string of the molecule is CNCC(=O)N1c2ccccc2CC1C.Cl. The summed E-state index contributed by atoms with van der Waals surface area (Å²) in [4.78, 5) is 13.8. The smallest absolute Gasteiger partial charge is 0.241 e. The summed E-state index contributed by atoms with van der Waals surface area (Å²) >= 11 is 0. The first-order valence-electron chi connectivity index (χ1n) is 5.28. The van der Waals surface area contributed by atoms with E-state index in [1.54, 1.807) is 7.05 Å². The summed E-state index contributed by atoms with van der Waals surface area (Å²) in [5.41, 5.74) is 2.35. The Labute approximate surface area is 102 Å². The highest BCUT2D eigenvalue weighted by Crippen LogP contribution is 2.31. The summed E-state index contributed by atoms with van der Waals surface area (Å²) < 4.78 is 0. The number of likely N-dealkylation sites (N-methyl/N-ethyl adjacent to an activating group) is 1. The fourth-order valence-corrected chi connectivity index (χ4v) is 2.18. The number of fused-ring (bicyclic) bond motifs is 1. The van der Waals surface area contributed by atoms with Crippen molar-refractivity contribution in [3.05, 3.63) is 29.8 Å². The molecule has 0 aromatic heterocycles. The van der Waals surface area contributed by atoms with Gasteiger partial charge in [0.1, 0.15) is 0 Å². The molecule has 0 saturated carbocycles. The van der Waals surface area contributed by atoms with Crippen molar-refractivity contribution in [3.8, 4) is 0 Å². The van der Waals surface area contributed by atoms with Gasteiger partial charge in [-0.2, -0.15) is 0 Å². The molecule has 16 heavy (non-hydrogen) atoms. The van der Waals surface area contributed by atoms with Gasteiger partial charge in [0.2, 0.25) is 5.91 Å². The van der Waals surface area contributed by atoms with E-state index in [4.69, 9.17) is 0 Å². The van der Waals surface area contributed by atoms with Crippen LogP contribution in [0.3, 0.4) is 0 Å². The maximum Gasteiger partial charge on any atom is 0.241 e. The minimum absolute atomic E-state index is 0. The molecule has 0 saturated heterocycles. The van der Waals surface area contributed by atoms with Gasteiger partial charge >= 0.3 is 0 Å². The third-order valence-electron chi connectivity index (χ3n) is 2.80. The van der Waals surface area contributed by atoms with Crippen LogP contribution in [-0.2, 0) is 11.2 Å². The molecule has 1 aromatic carbocycles. The van der Waals surface area contributed by atoms with Crippen LogP contribution in [0.25, 0.3) is 0 Å². The first-order valence-corrected chi connectivity index (χ1v) is 5.28. The summed E-state index contributed by atoms with van der Waals surface area (Å²) in [5.74, 6) is 0.148. The van der Waals surface area contributed by atoms with Gasteiger partial charge in [0.05, 0.1) is 6.54 Å². The highest BCUT2D eigenvalue weighted by molar-refractivity contribution is 5.97. The van der Waals surface area contributed by atoms with Crippen LogP contribution >= 0.6 is 12.4 Å². The van der Waals surface area contributed by atoms with Gasteiger partial charge in [-0.15, -0.1) is 12.4 Å². The minimum atomic E-state index is 0. The molecule has 1 aliphatic heterocycles. The average Bonchev–Trinajstić information content (AvgIpc) is 2.54. The van der Waals surface area contributed by atoms with Crippen LogP contribution in [0.5, 0.6) is 0 Å². The van der Waals surface area contributed by atoms with Crippen LogP contribution in [0.4, 0.5) is 5.69 Å². The third kappa shape index (κ3) is 2.20. The van der Waals surface area contributed by atoms with E-state index in [0.717, 1.165) is 12.1 Å². The standard InChI is InChI=1S/C12H16N2O.ClH/c1-9-7-10-5-3-4-6-11(10)14(9)12(15)8-13-2;/h3-6,9,13H,7-8H2,1-2H3;1H. The third-order valence-corrected chi connectivity index (χ3v) is 2.80. The van der Waals surface area contributed by atoms with Crippen LogP contribution < -0.4 is 10.2 Å². The summed E-state index contributed by atoms with van der Waals surface area (Å²) in [6, 6.07) is 8.40. The fraction of sp³-hybridized carbons (Fsp3) is 0.417. The molecule has 2 rings (SSSR count). The number of benzene rings is 1. The number of carbonyl (C=O) groups is 1. The van der Waals surface area contributed by atoms with Crippen LogP contribution in [0, 0.1) is 0 Å². The molecule has 3 nitrogen and oxygen atoms in total. The number of nitrogens with one attached hydrogen (secondary N) is 1. The van der Waals surface area contributed by atoms with E-state index in [1.807, 2.05) is 23.1 Å². The van der Waals surface area contributed by atoms with Crippen LogP contribution in [0.15, 0.2) is 24.3 Å². The second kappa shape index (κ2) is 5.32. The number of amides is 1. The summed E-state index contributed by atoms with van der Waals surface area (Å²) in [5, 5.41) is 2.90. The van der Waals surface area contributed by atoms with Crippen molar-refractivity contribution < 1.29 is 4.79 Å². The molecule has 1 N–H and O–H groups in total. The van der Waals surface area contributed by atoms with Gasteiger partial charge in [-0.1, -0.05) is 18.2 Å². The molecule has 0 spiro atoms. The summed E-state index contributed by atoms with van der Waals surface area (Å²) in [6.07, 6.45) is 0.964. The zero-order valence-corrected chi connectivity index (χ0v) is 10.4. The lowest BCUT2D eigenvalue weighted by atomic mass is 10.1. The lowest BCUT2D eigenvalue weighted by Gasteiger charge is -2.22. The van der Waals surface area contributed by atoms with Gasteiger partial charge in [-0.3, -0.25) is 4.79 Å². The number of nitrogens with zero attached hydrogens (tertiary/aromatic N) is 1. The van der Waals surface area contributed by atoms with E-state index in [2.05, 4.69) is 18.3 Å². The van der Waals surface area contributed by atoms with Gasteiger partial charge in [0, 0.05) is 11.7 Å². The Morgan fingerprint density at radius 3 is 2.88 bits per heavy atom. The van der Waals surface area contributed by atoms with Crippen molar-refractivity contribution in [2.45, 2.75) is 19.4 Å². The second-order valence-electron chi connectivity index (χ2n) is 3.98. The van der Waals surface area contributed by atoms with Gasteiger partial charge in [0.25, 0.3) is 0 Å². The molecule has 88 valence electrons. The zero-order chi connectivity index (χ0) is 10.8. The first-order chi connectivity index (χ1) is 7.24. The highest BCUT2D eigenvalue weighted by atomic mass is 35.5. The lowest BCUT2D eigenvalue weighted by molar-refractivity contribution is -0.118. The Kier molecular flexibility index (Phi) is 4.33. The van der Waals surface area contributed by atoms with Crippen LogP contribution in [-0.4, -0.2) is 25.5 Å². The van der Waals surface area contributed by atoms with Gasteiger partial charge < -0.3 is 10.2 Å². The monoisotopic (exact) mass is 240 g/mol. The van der Waals surface area contributed by atoms with E-state index in [9.17, 15) is 4.79 Å². The number of hydrogen-bond donors (Lipinski definition) is 1. The van der Waals surface area contributed by atoms with Gasteiger partial charge in [-0.25, -0.2) is 0 Å². The molecule has 1 aliphatic rings. The molecule has 1 unspecified atom stereocenters. The van der Waals surface area contributed by atoms with Crippen molar-refractivity contribution in [1.29, 1.82) is 0 Å². The van der Waals surface area contributed by atoms with E-state index in [0.29, 0.717) is 6.54 Å². The van der Waals surface area contributed by atoms with Crippen molar-refractivity contribution in [2.75, 3.05) is 18.5 Å². The Morgan fingerprint density at radius 1 is 1.50 bits per heavy atom. The molecule has 0 aliphatic carbocycles. The molecule has 1 heterocycles. The molecule has 1 amide bonds. The Morgan fingerprint density at radius 2 is 2.19 bits per heavy atom. The van der Waals surface area contributed by atoms with E-state index < -0.39 is 0 Å². The first kappa shape index (κ1) is 13.0. The number of halogens is 1. The van der Waals surface area contributed by atoms with E-state index >= 15 is 0 Å². The Hall–Kier alpha value is -1.06. The van der Waals surface area contributed by atoms with Crippen molar-refractivity contribution >= 4 is 24.0 Å². The normalized spacial score (nSPS) is 17.9. The molecule has 4 heteroatoms. The predicted octanol–water partition coefficient (Wildman–Crippen LogP) is 1.61. The lowest BCUT2D eigenvalue weighted by Crippen LogP contribution is -2.40. The second-order valence-corrected chi connectivity index (χ2v) is 3.98. The molecular formula is C12H17ClN2O. The van der Waals surface area contributed by atoms with Crippen molar-refractivity contribution in [3.63, 3.8) is 0 Å². The minimum Gasteiger partial charge on any atom is -0.311 e. The molecular weight excluding hydrogens is 224 g/mol. The zero-order valence-electron chi connectivity index (χ0n) is 9.56. The Bertz CT molecular complexity index is 381. The maximum absolute atomic E-state index is 11.9. The molecule has 1 aromatic rings. The van der Waals surface area contributed by atoms with E-state index in [1.165, 1.54) is 5.56 Å². The molecule has 1 atom stereocenters. The van der Waals surface area contributed by atoms with Crippen molar-refractivity contribution in [2.24, 2.45) is 0 Å². The average molecular weight is 241 g/mol. The largest absolute Gasteiger partial charge is 0.311 e. The van der Waals surface area contributed by atoms with Gasteiger partial charge in [0.15, 0.2) is 0 Å². The molecule has 0 fully saturated rings. The maximum atomic E-state index is 11.9. The van der Waals surface area contributed by atoms with Gasteiger partial charge in [-0.05, 0) is 32.0 Å². The van der Waals surface area contributed by atoms with Crippen molar-refractivity contribution in [1.82, 2.24) is 5.32 Å². The molecule has 0 bridgehead atoms. The van der Waals surface area contributed by atoms with E-state index in [-0.39, 0.29) is 24.4 Å². The number of hydrogen-bond acceptors (Lipinski definition) is 2. The number of anilines is 1. The highest BCUT2D eigenvalue weighted by Gasteiger charge is 2.29. The van der Waals surface area contributed by atoms with Crippen LogP contribution in [0.1, 0.15) is 12.5 Å². The topological polar surface area (TPSA) is 32.3 Å². The fourth-order valence-electron chi connectivity index (χ4n) is 2.18. The number of rotatable bonds is 2. The van der Waals surface area contributed by atoms with Crippen LogP contribution in [0.2, 0.25) is 0 Å². The summed E-state index contributed by atoms with van der Waals surface area (Å²) in [6.45, 7) is 2.49. The Balaban J connectivity index is 0.00000128. The molecule has 0 radical (unpaired) electrons. The predicted molar refractivity (Wildman–Crippen MR) is 68.3 cm³/mol. The summed E-state index contributed by atoms with van der Waals surface area (Å²) in [7, 11) is 1.80. The number of para-hydroxylation sites is 1.